The summed E-state index contributed by atoms with van der Waals surface area (Å²) in [6.45, 7) is 2.01. The van der Waals surface area contributed by atoms with Crippen molar-refractivity contribution in [2.75, 3.05) is 0 Å². The third kappa shape index (κ3) is 3.10. The molecule has 0 amide bonds. The van der Waals surface area contributed by atoms with E-state index in [0.717, 1.165) is 17.4 Å². The molecule has 0 spiro atoms. The molecule has 1 aromatic carbocycles. The second-order valence-electron chi connectivity index (χ2n) is 5.15. The van der Waals surface area contributed by atoms with E-state index in [9.17, 15) is 14.9 Å². The van der Waals surface area contributed by atoms with Gasteiger partial charge in [0.25, 0.3) is 0 Å². The molecule has 0 N–H and O–H groups in total. The Balaban J connectivity index is 1.96. The molecule has 0 fully saturated rings. The summed E-state index contributed by atoms with van der Waals surface area (Å²) in [5.74, 6) is -0.313. The second-order valence-corrected chi connectivity index (χ2v) is 5.15. The van der Waals surface area contributed by atoms with Gasteiger partial charge >= 0.3 is 11.4 Å². The fraction of sp³-hybridized carbons (Fsp3) is 0.176. The molecule has 24 heavy (non-hydrogen) atoms. The monoisotopic (exact) mass is 326 g/mol. The lowest BCUT2D eigenvalue weighted by molar-refractivity contribution is -0.390. The first-order valence-electron chi connectivity index (χ1n) is 7.36. The lowest BCUT2D eigenvalue weighted by Gasteiger charge is -2.09. The molecule has 0 radical (unpaired) electrons. The van der Waals surface area contributed by atoms with Crippen molar-refractivity contribution >= 4 is 16.8 Å². The fourth-order valence-corrected chi connectivity index (χ4v) is 2.40. The first-order valence-corrected chi connectivity index (χ1v) is 7.36. The number of benzene rings is 1. The second kappa shape index (κ2) is 6.49. The lowest BCUT2D eigenvalue weighted by Crippen LogP contribution is -2.05. The first kappa shape index (κ1) is 15.7. The highest BCUT2D eigenvalue weighted by Crippen LogP contribution is 2.25. The van der Waals surface area contributed by atoms with Gasteiger partial charge in [-0.2, -0.15) is 0 Å². The van der Waals surface area contributed by atoms with Crippen LogP contribution in [0.5, 0.6) is 5.75 Å². The topological polar surface area (TPSA) is 95.5 Å². The summed E-state index contributed by atoms with van der Waals surface area (Å²) >= 11 is 0. The molecule has 2 heterocycles. The van der Waals surface area contributed by atoms with Crippen LogP contribution in [0.2, 0.25) is 0 Å². The maximum absolute atomic E-state index is 11.7. The van der Waals surface area contributed by atoms with Crippen LogP contribution in [0, 0.1) is 10.1 Å². The van der Waals surface area contributed by atoms with Crippen molar-refractivity contribution in [2.45, 2.75) is 20.0 Å². The van der Waals surface area contributed by atoms with Crippen molar-refractivity contribution < 1.29 is 14.1 Å². The maximum Gasteiger partial charge on any atom is 0.406 e. The number of aromatic nitrogens is 1. The normalized spacial score (nSPS) is 10.7. The van der Waals surface area contributed by atoms with E-state index < -0.39 is 10.5 Å². The smallest absolute Gasteiger partial charge is 0.406 e. The molecule has 0 bridgehead atoms. The Labute approximate surface area is 136 Å². The van der Waals surface area contributed by atoms with E-state index in [1.807, 2.05) is 25.1 Å². The van der Waals surface area contributed by atoms with Gasteiger partial charge < -0.3 is 19.3 Å². The first-order chi connectivity index (χ1) is 11.6. The van der Waals surface area contributed by atoms with Gasteiger partial charge in [-0.3, -0.25) is 0 Å². The van der Waals surface area contributed by atoms with E-state index in [-0.39, 0.29) is 18.2 Å². The number of hydrogen-bond donors (Lipinski definition) is 0. The SMILES string of the molecule is CCc1ccc2c(COc3cccnc3[N+](=O)[O-])cc(=O)oc2c1. The highest BCUT2D eigenvalue weighted by Gasteiger charge is 2.16. The average molecular weight is 326 g/mol. The summed E-state index contributed by atoms with van der Waals surface area (Å²) in [5.41, 5.74) is 1.63. The minimum atomic E-state index is -0.611. The Morgan fingerprint density at radius 2 is 2.12 bits per heavy atom. The molecule has 3 rings (SSSR count). The molecule has 0 aliphatic rings. The Kier molecular flexibility index (Phi) is 4.24. The van der Waals surface area contributed by atoms with Gasteiger partial charge in [-0.05, 0) is 40.1 Å². The number of hydrogen-bond acceptors (Lipinski definition) is 6. The Hall–Kier alpha value is -3.22. The number of fused-ring (bicyclic) bond motifs is 1. The molecule has 7 nitrogen and oxygen atoms in total. The van der Waals surface area contributed by atoms with Crippen molar-refractivity contribution in [3.63, 3.8) is 0 Å². The van der Waals surface area contributed by atoms with Crippen LogP contribution in [0.1, 0.15) is 18.1 Å². The van der Waals surface area contributed by atoms with E-state index in [2.05, 4.69) is 4.98 Å². The number of pyridine rings is 1. The predicted molar refractivity (Wildman–Crippen MR) is 87.1 cm³/mol. The Bertz CT molecular complexity index is 965. The van der Waals surface area contributed by atoms with Crippen molar-refractivity contribution in [1.29, 1.82) is 0 Å². The van der Waals surface area contributed by atoms with Gasteiger partial charge in [0.15, 0.2) is 0 Å². The van der Waals surface area contributed by atoms with Crippen LogP contribution in [0.25, 0.3) is 11.0 Å². The summed E-state index contributed by atoms with van der Waals surface area (Å²) in [5, 5.41) is 11.7. The lowest BCUT2D eigenvalue weighted by atomic mass is 10.1. The van der Waals surface area contributed by atoms with Gasteiger partial charge in [-0.15, -0.1) is 0 Å². The summed E-state index contributed by atoms with van der Waals surface area (Å²) < 4.78 is 10.7. The minimum absolute atomic E-state index is 0.000104. The third-order valence-corrected chi connectivity index (χ3v) is 3.61. The molecule has 0 aliphatic heterocycles. The Morgan fingerprint density at radius 3 is 2.88 bits per heavy atom. The molecular formula is C17H14N2O5. The predicted octanol–water partition coefficient (Wildman–Crippen LogP) is 3.24. The third-order valence-electron chi connectivity index (χ3n) is 3.61. The summed E-state index contributed by atoms with van der Waals surface area (Å²) in [6.07, 6.45) is 2.14. The van der Waals surface area contributed by atoms with Crippen molar-refractivity contribution in [3.05, 3.63) is 74.3 Å². The quantitative estimate of drug-likeness (QED) is 0.406. The van der Waals surface area contributed by atoms with Crippen molar-refractivity contribution in [3.8, 4) is 5.75 Å². The highest BCUT2D eigenvalue weighted by molar-refractivity contribution is 5.80. The molecule has 3 aromatic rings. The van der Waals surface area contributed by atoms with Crippen LogP contribution in [-0.2, 0) is 13.0 Å². The number of nitrogens with zero attached hydrogens (tertiary/aromatic N) is 2. The van der Waals surface area contributed by atoms with Gasteiger partial charge in [0.05, 0.1) is 0 Å². The molecule has 0 saturated heterocycles. The average Bonchev–Trinajstić information content (AvgIpc) is 2.59. The van der Waals surface area contributed by atoms with Gasteiger partial charge in [-0.25, -0.2) is 4.79 Å². The van der Waals surface area contributed by atoms with Crippen LogP contribution in [-0.4, -0.2) is 9.91 Å². The van der Waals surface area contributed by atoms with E-state index in [1.54, 1.807) is 6.07 Å². The number of ether oxygens (including phenoxy) is 1. The Morgan fingerprint density at radius 1 is 1.29 bits per heavy atom. The zero-order valence-electron chi connectivity index (χ0n) is 12.9. The van der Waals surface area contributed by atoms with Crippen molar-refractivity contribution in [2.24, 2.45) is 0 Å². The van der Waals surface area contributed by atoms with Crippen molar-refractivity contribution in [1.82, 2.24) is 4.98 Å². The molecule has 2 aromatic heterocycles. The number of nitro groups is 1. The van der Waals surface area contributed by atoms with Gasteiger partial charge in [0, 0.05) is 17.0 Å². The van der Waals surface area contributed by atoms with Crippen LogP contribution in [0.3, 0.4) is 0 Å². The van der Waals surface area contributed by atoms with E-state index >= 15 is 0 Å². The molecular weight excluding hydrogens is 312 g/mol. The largest absolute Gasteiger partial charge is 0.481 e. The summed E-state index contributed by atoms with van der Waals surface area (Å²) in [7, 11) is 0. The maximum atomic E-state index is 11.7. The summed E-state index contributed by atoms with van der Waals surface area (Å²) in [4.78, 5) is 25.8. The van der Waals surface area contributed by atoms with Gasteiger partial charge in [0.2, 0.25) is 5.75 Å². The number of aryl methyl sites for hydroxylation is 1. The van der Waals surface area contributed by atoms with E-state index in [4.69, 9.17) is 9.15 Å². The standard InChI is InChI=1S/C17H14N2O5/c1-2-11-5-6-13-12(9-16(20)24-15(13)8-11)10-23-14-4-3-7-18-17(14)19(21)22/h3-9H,2,10H2,1H3. The van der Waals surface area contributed by atoms with Crippen LogP contribution < -0.4 is 10.4 Å². The molecule has 0 atom stereocenters. The molecule has 122 valence electrons. The van der Waals surface area contributed by atoms with E-state index in [0.29, 0.717) is 11.1 Å². The number of rotatable bonds is 5. The zero-order chi connectivity index (χ0) is 17.1. The van der Waals surface area contributed by atoms with E-state index in [1.165, 1.54) is 18.3 Å². The molecule has 0 saturated carbocycles. The van der Waals surface area contributed by atoms with Crippen LogP contribution in [0.15, 0.2) is 51.8 Å². The van der Waals surface area contributed by atoms with Gasteiger partial charge in [-0.1, -0.05) is 19.1 Å². The van der Waals surface area contributed by atoms with Crippen LogP contribution in [0.4, 0.5) is 5.82 Å². The molecule has 7 heteroatoms. The summed E-state index contributed by atoms with van der Waals surface area (Å²) in [6, 6.07) is 9.95. The fourth-order valence-electron chi connectivity index (χ4n) is 2.40. The molecule has 0 unspecified atom stereocenters. The van der Waals surface area contributed by atoms with Crippen LogP contribution >= 0.6 is 0 Å². The minimum Gasteiger partial charge on any atom is -0.481 e. The highest BCUT2D eigenvalue weighted by atomic mass is 16.6. The molecule has 0 aliphatic carbocycles. The zero-order valence-corrected chi connectivity index (χ0v) is 12.9. The van der Waals surface area contributed by atoms with Gasteiger partial charge in [0.1, 0.15) is 18.4 Å².